The number of H-pyrrole nitrogens is 1. The van der Waals surface area contributed by atoms with Crippen molar-refractivity contribution in [3.8, 4) is 0 Å². The van der Waals surface area contributed by atoms with Gasteiger partial charge in [-0.25, -0.2) is 13.1 Å². The molecule has 0 fully saturated rings. The van der Waals surface area contributed by atoms with Gasteiger partial charge >= 0.3 is 0 Å². The van der Waals surface area contributed by atoms with Gasteiger partial charge in [0.05, 0.1) is 0 Å². The Balaban J connectivity index is 2.30. The van der Waals surface area contributed by atoms with Crippen LogP contribution < -0.4 is 10.5 Å². The van der Waals surface area contributed by atoms with E-state index in [0.717, 1.165) is 5.52 Å². The molecule has 1 aromatic heterocycles. The zero-order chi connectivity index (χ0) is 14.9. The average Bonchev–Trinajstić information content (AvgIpc) is 2.79. The van der Waals surface area contributed by atoms with Crippen LogP contribution in [0.4, 0.5) is 5.69 Å². The van der Waals surface area contributed by atoms with Gasteiger partial charge in [0.15, 0.2) is 0 Å². The largest absolute Gasteiger partial charge is 0.399 e. The Labute approximate surface area is 119 Å². The number of rotatable bonds is 5. The van der Waals surface area contributed by atoms with E-state index < -0.39 is 10.0 Å². The summed E-state index contributed by atoms with van der Waals surface area (Å²) in [4.78, 5) is 5.13. The van der Waals surface area contributed by atoms with Gasteiger partial charge in [0, 0.05) is 35.4 Å². The molecule has 0 saturated carbocycles. The van der Waals surface area contributed by atoms with Crippen molar-refractivity contribution in [3.63, 3.8) is 0 Å². The lowest BCUT2D eigenvalue weighted by Gasteiger charge is -2.19. The summed E-state index contributed by atoms with van der Waals surface area (Å²) in [5.74, 6) is 0. The Morgan fingerprint density at radius 2 is 2.10 bits per heavy atom. The number of nitrogens with two attached hydrogens (primary N) is 1. The molecule has 6 nitrogen and oxygen atoms in total. The van der Waals surface area contributed by atoms with Crippen molar-refractivity contribution in [2.75, 3.05) is 26.4 Å². The number of anilines is 1. The highest BCUT2D eigenvalue weighted by Gasteiger charge is 2.20. The topological polar surface area (TPSA) is 91.2 Å². The van der Waals surface area contributed by atoms with Crippen molar-refractivity contribution in [3.05, 3.63) is 24.4 Å². The molecule has 2 aromatic rings. The number of fused-ring (bicyclic) bond motifs is 1. The summed E-state index contributed by atoms with van der Waals surface area (Å²) in [6.45, 7) is 2.31. The molecule has 1 atom stereocenters. The number of sulfonamides is 1. The van der Waals surface area contributed by atoms with E-state index in [1.165, 1.54) is 6.20 Å². The first kappa shape index (κ1) is 14.8. The second-order valence-corrected chi connectivity index (χ2v) is 6.86. The molecule has 20 heavy (non-hydrogen) atoms. The molecule has 1 unspecified atom stereocenters. The van der Waals surface area contributed by atoms with Crippen molar-refractivity contribution < 1.29 is 8.42 Å². The van der Waals surface area contributed by atoms with E-state index >= 15 is 0 Å². The fourth-order valence-corrected chi connectivity index (χ4v) is 3.11. The molecule has 0 aliphatic carbocycles. The molecule has 4 N–H and O–H groups in total. The van der Waals surface area contributed by atoms with E-state index in [1.54, 1.807) is 18.2 Å². The highest BCUT2D eigenvalue weighted by molar-refractivity contribution is 7.89. The van der Waals surface area contributed by atoms with Gasteiger partial charge in [0.2, 0.25) is 10.0 Å². The Morgan fingerprint density at radius 1 is 1.40 bits per heavy atom. The van der Waals surface area contributed by atoms with Crippen molar-refractivity contribution in [1.82, 2.24) is 14.6 Å². The van der Waals surface area contributed by atoms with Crippen LogP contribution in [0.3, 0.4) is 0 Å². The molecule has 0 aliphatic heterocycles. The average molecular weight is 296 g/mol. The fourth-order valence-electron chi connectivity index (χ4n) is 1.83. The molecule has 110 valence electrons. The predicted octanol–water partition coefficient (Wildman–Crippen LogP) is 0.978. The number of hydrogen-bond donors (Lipinski definition) is 3. The number of hydrogen-bond acceptors (Lipinski definition) is 4. The lowest BCUT2D eigenvalue weighted by Crippen LogP contribution is -2.38. The zero-order valence-corrected chi connectivity index (χ0v) is 12.7. The summed E-state index contributed by atoms with van der Waals surface area (Å²) in [5, 5.41) is 0.606. The molecule has 0 saturated heterocycles. The number of benzene rings is 1. The summed E-state index contributed by atoms with van der Waals surface area (Å²) in [5.41, 5.74) is 7.01. The van der Waals surface area contributed by atoms with Crippen LogP contribution in [-0.2, 0) is 10.0 Å². The van der Waals surface area contributed by atoms with E-state index in [9.17, 15) is 8.42 Å². The van der Waals surface area contributed by atoms with Gasteiger partial charge < -0.3 is 15.6 Å². The molecule has 2 rings (SSSR count). The number of likely N-dealkylation sites (N-methyl/N-ethyl adjacent to an activating group) is 1. The Hall–Kier alpha value is -1.57. The second kappa shape index (κ2) is 5.43. The van der Waals surface area contributed by atoms with Gasteiger partial charge in [-0.15, -0.1) is 0 Å². The Morgan fingerprint density at radius 3 is 2.75 bits per heavy atom. The highest BCUT2D eigenvalue weighted by atomic mass is 32.2. The summed E-state index contributed by atoms with van der Waals surface area (Å²) in [6.07, 6.45) is 1.49. The van der Waals surface area contributed by atoms with Crippen LogP contribution in [0.25, 0.3) is 10.9 Å². The lowest BCUT2D eigenvalue weighted by atomic mass is 10.2. The van der Waals surface area contributed by atoms with E-state index in [-0.39, 0.29) is 10.9 Å². The smallest absolute Gasteiger partial charge is 0.242 e. The third kappa shape index (κ3) is 2.95. The summed E-state index contributed by atoms with van der Waals surface area (Å²) < 4.78 is 27.3. The van der Waals surface area contributed by atoms with E-state index in [1.807, 2.05) is 25.9 Å². The zero-order valence-electron chi connectivity index (χ0n) is 11.8. The molecule has 0 bridgehead atoms. The van der Waals surface area contributed by atoms with Crippen LogP contribution in [0.1, 0.15) is 6.92 Å². The highest BCUT2D eigenvalue weighted by Crippen LogP contribution is 2.24. The normalized spacial score (nSPS) is 14.0. The van der Waals surface area contributed by atoms with Gasteiger partial charge in [-0.05, 0) is 39.2 Å². The van der Waals surface area contributed by atoms with Crippen LogP contribution >= 0.6 is 0 Å². The monoisotopic (exact) mass is 296 g/mol. The molecule has 1 aromatic carbocycles. The maximum absolute atomic E-state index is 12.4. The van der Waals surface area contributed by atoms with E-state index in [4.69, 9.17) is 5.73 Å². The maximum atomic E-state index is 12.4. The summed E-state index contributed by atoms with van der Waals surface area (Å²) in [6, 6.07) is 5.28. The van der Waals surface area contributed by atoms with Crippen molar-refractivity contribution in [2.24, 2.45) is 0 Å². The van der Waals surface area contributed by atoms with Gasteiger partial charge in [-0.2, -0.15) is 0 Å². The first-order valence-corrected chi connectivity index (χ1v) is 7.82. The minimum Gasteiger partial charge on any atom is -0.399 e. The van der Waals surface area contributed by atoms with Crippen LogP contribution in [0.5, 0.6) is 0 Å². The molecular weight excluding hydrogens is 276 g/mol. The van der Waals surface area contributed by atoms with E-state index in [0.29, 0.717) is 17.6 Å². The van der Waals surface area contributed by atoms with Gasteiger partial charge in [-0.3, -0.25) is 0 Å². The summed E-state index contributed by atoms with van der Waals surface area (Å²) in [7, 11) is 0.264. The number of nitrogens with one attached hydrogen (secondary N) is 2. The fraction of sp³-hybridized carbons (Fsp3) is 0.385. The third-order valence-corrected chi connectivity index (χ3v) is 4.87. The summed E-state index contributed by atoms with van der Waals surface area (Å²) >= 11 is 0. The molecule has 0 amide bonds. The molecule has 0 aliphatic rings. The minimum atomic E-state index is -3.55. The Kier molecular flexibility index (Phi) is 4.03. The van der Waals surface area contributed by atoms with Crippen molar-refractivity contribution in [1.29, 1.82) is 0 Å². The van der Waals surface area contributed by atoms with Gasteiger partial charge in [-0.1, -0.05) is 0 Å². The first-order valence-electron chi connectivity index (χ1n) is 6.34. The minimum absolute atomic E-state index is 0.111. The van der Waals surface area contributed by atoms with Crippen molar-refractivity contribution in [2.45, 2.75) is 17.9 Å². The predicted molar refractivity (Wildman–Crippen MR) is 81.0 cm³/mol. The number of aromatic nitrogens is 1. The third-order valence-electron chi connectivity index (χ3n) is 3.41. The SMILES string of the molecule is CC(CNS(=O)(=O)c1c[nH]c2ccc(N)cc12)N(C)C. The standard InChI is InChI=1S/C13H20N4O2S/c1-9(17(2)3)7-16-20(18,19)13-8-15-12-5-4-10(14)6-11(12)13/h4-6,8-9,15-16H,7,14H2,1-3H3. The maximum Gasteiger partial charge on any atom is 0.242 e. The van der Waals surface area contributed by atoms with E-state index in [2.05, 4.69) is 9.71 Å². The number of aromatic amines is 1. The van der Waals surface area contributed by atoms with Crippen molar-refractivity contribution >= 4 is 26.6 Å². The number of nitrogens with zero attached hydrogens (tertiary/aromatic N) is 1. The van der Waals surface area contributed by atoms with Crippen LogP contribution in [0, 0.1) is 0 Å². The molecular formula is C13H20N4O2S. The van der Waals surface area contributed by atoms with Crippen LogP contribution in [0.15, 0.2) is 29.3 Å². The molecule has 0 radical (unpaired) electrons. The van der Waals surface area contributed by atoms with Crippen LogP contribution in [0.2, 0.25) is 0 Å². The lowest BCUT2D eigenvalue weighted by molar-refractivity contribution is 0.314. The molecule has 1 heterocycles. The first-order chi connectivity index (χ1) is 9.31. The second-order valence-electron chi connectivity index (χ2n) is 5.12. The van der Waals surface area contributed by atoms with Crippen LogP contribution in [-0.4, -0.2) is 45.0 Å². The quantitative estimate of drug-likeness (QED) is 0.717. The molecule has 7 heteroatoms. The van der Waals surface area contributed by atoms with Gasteiger partial charge in [0.1, 0.15) is 4.90 Å². The Bertz CT molecular complexity index is 706. The number of nitrogen functional groups attached to an aromatic ring is 1. The van der Waals surface area contributed by atoms with Gasteiger partial charge in [0.25, 0.3) is 0 Å². The molecule has 0 spiro atoms.